The quantitative estimate of drug-likeness (QED) is 0.767. The molecule has 1 heterocycles. The van der Waals surface area contributed by atoms with E-state index < -0.39 is 0 Å². The Balaban J connectivity index is 2.22. The summed E-state index contributed by atoms with van der Waals surface area (Å²) >= 11 is 4.82. The van der Waals surface area contributed by atoms with Crippen molar-refractivity contribution in [2.45, 2.75) is 26.3 Å². The minimum atomic E-state index is 0.185. The number of aromatic nitrogens is 1. The summed E-state index contributed by atoms with van der Waals surface area (Å²) in [5.74, 6) is 0. The van der Waals surface area contributed by atoms with Gasteiger partial charge in [-0.25, -0.2) is 0 Å². The predicted octanol–water partition coefficient (Wildman–Crippen LogP) is 2.39. The molecular weight excluding hydrogens is 250 g/mol. The lowest BCUT2D eigenvalue weighted by Gasteiger charge is -2.12. The van der Waals surface area contributed by atoms with Gasteiger partial charge in [0.15, 0.2) is 0 Å². The predicted molar refractivity (Wildman–Crippen MR) is 58.8 cm³/mol. The van der Waals surface area contributed by atoms with Crippen molar-refractivity contribution in [1.82, 2.24) is 4.57 Å². The van der Waals surface area contributed by atoms with Crippen molar-refractivity contribution >= 4 is 27.3 Å². The molecule has 2 nitrogen and oxygen atoms in total. The number of alkyl halides is 1. The molecule has 1 aliphatic carbocycles. The van der Waals surface area contributed by atoms with Crippen molar-refractivity contribution in [3.8, 4) is 0 Å². The molecule has 0 radical (unpaired) electrons. The maximum atomic E-state index is 11.4. The second-order valence-corrected chi connectivity index (χ2v) is 5.24. The third kappa shape index (κ3) is 1.74. The van der Waals surface area contributed by atoms with E-state index >= 15 is 0 Å². The van der Waals surface area contributed by atoms with Crippen LogP contribution in [-0.4, -0.2) is 9.90 Å². The van der Waals surface area contributed by atoms with Gasteiger partial charge in [-0.2, -0.15) is 0 Å². The molecule has 0 spiro atoms. The van der Waals surface area contributed by atoms with Crippen molar-refractivity contribution in [2.75, 3.05) is 5.33 Å². The van der Waals surface area contributed by atoms with E-state index in [1.165, 1.54) is 24.2 Å². The van der Waals surface area contributed by atoms with E-state index in [1.807, 2.05) is 16.9 Å². The zero-order valence-corrected chi connectivity index (χ0v) is 9.95. The van der Waals surface area contributed by atoms with Gasteiger partial charge in [0.1, 0.15) is 0 Å². The number of hydrogen-bond donors (Lipinski definition) is 0. The Labute approximate surface area is 89.7 Å². The highest BCUT2D eigenvalue weighted by molar-refractivity contribution is 9.09. The zero-order valence-electron chi connectivity index (χ0n) is 7.55. The largest absolute Gasteiger partial charge is 0.307 e. The fourth-order valence-corrected chi connectivity index (χ4v) is 2.91. The Kier molecular flexibility index (Phi) is 2.36. The molecule has 1 aliphatic rings. The molecule has 0 unspecified atom stereocenters. The summed E-state index contributed by atoms with van der Waals surface area (Å²) in [6, 6.07) is 0. The Morgan fingerprint density at radius 1 is 1.69 bits per heavy atom. The van der Waals surface area contributed by atoms with Crippen molar-refractivity contribution in [1.29, 1.82) is 0 Å². The van der Waals surface area contributed by atoms with Crippen LogP contribution in [0.2, 0.25) is 0 Å². The molecule has 1 aromatic heterocycles. The first-order valence-corrected chi connectivity index (χ1v) is 6.38. The normalized spacial score (nSPS) is 18.9. The summed E-state index contributed by atoms with van der Waals surface area (Å²) in [7, 11) is 0. The van der Waals surface area contributed by atoms with Crippen LogP contribution >= 0.6 is 27.3 Å². The maximum absolute atomic E-state index is 11.4. The smallest absolute Gasteiger partial charge is 0.303 e. The van der Waals surface area contributed by atoms with E-state index in [9.17, 15) is 4.79 Å². The van der Waals surface area contributed by atoms with Gasteiger partial charge in [0.2, 0.25) is 0 Å². The molecule has 13 heavy (non-hydrogen) atoms. The molecule has 0 bridgehead atoms. The minimum Gasteiger partial charge on any atom is -0.303 e. The Morgan fingerprint density at radius 3 is 2.77 bits per heavy atom. The number of thiazole rings is 1. The van der Waals surface area contributed by atoms with Crippen LogP contribution in [0.4, 0.5) is 0 Å². The first-order chi connectivity index (χ1) is 6.17. The van der Waals surface area contributed by atoms with Gasteiger partial charge < -0.3 is 4.57 Å². The second kappa shape index (κ2) is 3.24. The van der Waals surface area contributed by atoms with Crippen molar-refractivity contribution in [3.63, 3.8) is 0 Å². The summed E-state index contributed by atoms with van der Waals surface area (Å²) < 4.78 is 1.90. The van der Waals surface area contributed by atoms with E-state index in [4.69, 9.17) is 0 Å². The molecule has 0 aliphatic heterocycles. The molecular formula is C9H12BrNOS. The highest BCUT2D eigenvalue weighted by atomic mass is 79.9. The summed E-state index contributed by atoms with van der Waals surface area (Å²) in [6.45, 7) is 2.90. The summed E-state index contributed by atoms with van der Waals surface area (Å²) in [5.41, 5.74) is 1.48. The SMILES string of the molecule is Cc1csc(=O)n1CC1(CBr)CC1. The molecule has 0 aromatic carbocycles. The van der Waals surface area contributed by atoms with Crippen LogP contribution in [0.15, 0.2) is 10.2 Å². The van der Waals surface area contributed by atoms with Gasteiger partial charge in [-0.3, -0.25) is 4.79 Å². The van der Waals surface area contributed by atoms with E-state index in [0.717, 1.165) is 17.6 Å². The van der Waals surface area contributed by atoms with E-state index in [0.29, 0.717) is 5.41 Å². The number of rotatable bonds is 3. The lowest BCUT2D eigenvalue weighted by molar-refractivity contribution is 0.464. The molecule has 0 atom stereocenters. The van der Waals surface area contributed by atoms with E-state index in [2.05, 4.69) is 15.9 Å². The summed E-state index contributed by atoms with van der Waals surface area (Å²) in [4.78, 5) is 11.6. The maximum Gasteiger partial charge on any atom is 0.307 e. The Bertz CT molecular complexity index is 364. The number of nitrogens with zero attached hydrogens (tertiary/aromatic N) is 1. The number of hydrogen-bond acceptors (Lipinski definition) is 2. The first kappa shape index (κ1) is 9.46. The van der Waals surface area contributed by atoms with Gasteiger partial charge in [-0.15, -0.1) is 0 Å². The minimum absolute atomic E-state index is 0.185. The molecule has 2 rings (SSSR count). The molecule has 0 amide bonds. The van der Waals surface area contributed by atoms with Gasteiger partial charge in [-0.1, -0.05) is 27.3 Å². The lowest BCUT2D eigenvalue weighted by Crippen LogP contribution is -2.22. The monoisotopic (exact) mass is 261 g/mol. The fraction of sp³-hybridized carbons (Fsp3) is 0.667. The number of halogens is 1. The molecule has 1 saturated carbocycles. The highest BCUT2D eigenvalue weighted by Crippen LogP contribution is 2.48. The van der Waals surface area contributed by atoms with Crippen molar-refractivity contribution < 1.29 is 0 Å². The molecule has 4 heteroatoms. The third-order valence-electron chi connectivity index (χ3n) is 2.71. The van der Waals surface area contributed by atoms with E-state index in [1.54, 1.807) is 0 Å². The molecule has 0 saturated heterocycles. The van der Waals surface area contributed by atoms with Gasteiger partial charge >= 0.3 is 4.87 Å². The summed E-state index contributed by atoms with van der Waals surface area (Å²) in [5, 5.41) is 2.95. The molecule has 1 fully saturated rings. The topological polar surface area (TPSA) is 22.0 Å². The highest BCUT2D eigenvalue weighted by Gasteiger charge is 2.42. The number of aryl methyl sites for hydroxylation is 1. The van der Waals surface area contributed by atoms with Crippen LogP contribution in [0.5, 0.6) is 0 Å². The third-order valence-corrected chi connectivity index (χ3v) is 4.78. The van der Waals surface area contributed by atoms with Gasteiger partial charge in [-0.05, 0) is 25.2 Å². The van der Waals surface area contributed by atoms with E-state index in [-0.39, 0.29) is 4.87 Å². The fourth-order valence-electron chi connectivity index (χ4n) is 1.44. The van der Waals surface area contributed by atoms with Gasteiger partial charge in [0, 0.05) is 22.9 Å². The standard InChI is InChI=1S/C9H12BrNOS/c1-7-4-13-8(12)11(7)6-9(5-10)2-3-9/h4H,2-3,5-6H2,1H3. The van der Waals surface area contributed by atoms with Crippen LogP contribution in [0.25, 0.3) is 0 Å². The molecule has 72 valence electrons. The molecule has 1 aromatic rings. The second-order valence-electron chi connectivity index (χ2n) is 3.86. The van der Waals surface area contributed by atoms with Crippen LogP contribution in [0.1, 0.15) is 18.5 Å². The van der Waals surface area contributed by atoms with Gasteiger partial charge in [0.05, 0.1) is 0 Å². The van der Waals surface area contributed by atoms with Crippen LogP contribution in [0.3, 0.4) is 0 Å². The first-order valence-electron chi connectivity index (χ1n) is 4.38. The average Bonchev–Trinajstić information content (AvgIpc) is 2.84. The van der Waals surface area contributed by atoms with Crippen LogP contribution < -0.4 is 4.87 Å². The summed E-state index contributed by atoms with van der Waals surface area (Å²) in [6.07, 6.45) is 2.50. The average molecular weight is 262 g/mol. The van der Waals surface area contributed by atoms with Crippen LogP contribution in [-0.2, 0) is 6.54 Å². The van der Waals surface area contributed by atoms with Crippen molar-refractivity contribution in [2.24, 2.45) is 5.41 Å². The molecule has 0 N–H and O–H groups in total. The Hall–Kier alpha value is -0.0900. The van der Waals surface area contributed by atoms with Crippen LogP contribution in [0, 0.1) is 12.3 Å². The Morgan fingerprint density at radius 2 is 2.38 bits per heavy atom. The lowest BCUT2D eigenvalue weighted by atomic mass is 10.1. The van der Waals surface area contributed by atoms with Gasteiger partial charge in [0.25, 0.3) is 0 Å². The zero-order chi connectivity index (χ0) is 9.47. The van der Waals surface area contributed by atoms with Crippen molar-refractivity contribution in [3.05, 3.63) is 20.7 Å².